The Labute approximate surface area is 143 Å². The molecule has 0 amide bonds. The van der Waals surface area contributed by atoms with Crippen LogP contribution in [0.2, 0.25) is 0 Å². The Morgan fingerprint density at radius 2 is 2.08 bits per heavy atom. The van der Waals surface area contributed by atoms with Crippen molar-refractivity contribution in [2.24, 2.45) is 11.8 Å². The fourth-order valence-corrected chi connectivity index (χ4v) is 2.62. The minimum Gasteiger partial charge on any atom is -0.497 e. The van der Waals surface area contributed by atoms with E-state index in [-0.39, 0.29) is 30.5 Å². The highest BCUT2D eigenvalue weighted by atomic mass is 16.7. The third-order valence-electron chi connectivity index (χ3n) is 3.91. The largest absolute Gasteiger partial charge is 0.497 e. The smallest absolute Gasteiger partial charge is 0.303 e. The summed E-state index contributed by atoms with van der Waals surface area (Å²) < 4.78 is 21.9. The lowest BCUT2D eigenvalue weighted by Gasteiger charge is -2.36. The van der Waals surface area contributed by atoms with Gasteiger partial charge in [-0.3, -0.25) is 4.79 Å². The Kier molecular flexibility index (Phi) is 6.65. The molecule has 1 aromatic rings. The summed E-state index contributed by atoms with van der Waals surface area (Å²) in [5, 5.41) is 0. The lowest BCUT2D eigenvalue weighted by molar-refractivity contribution is -0.245. The molecule has 1 saturated heterocycles. The number of rotatable bonds is 4. The molecule has 1 heterocycles. The number of hydrogen-bond donors (Lipinski definition) is 0. The number of benzene rings is 1. The van der Waals surface area contributed by atoms with Gasteiger partial charge in [0, 0.05) is 24.3 Å². The number of carbonyl (C=O) groups excluding carboxylic acids is 1. The maximum absolute atomic E-state index is 10.7. The summed E-state index contributed by atoms with van der Waals surface area (Å²) in [6, 6.07) is 7.65. The minimum atomic E-state index is -0.408. The zero-order valence-corrected chi connectivity index (χ0v) is 14.6. The van der Waals surface area contributed by atoms with Crippen molar-refractivity contribution in [1.82, 2.24) is 0 Å². The molecule has 1 fully saturated rings. The predicted octanol–water partition coefficient (Wildman–Crippen LogP) is 2.95. The van der Waals surface area contributed by atoms with Gasteiger partial charge in [0.05, 0.1) is 19.8 Å². The van der Waals surface area contributed by atoms with Gasteiger partial charge >= 0.3 is 5.97 Å². The second kappa shape index (κ2) is 8.72. The van der Waals surface area contributed by atoms with Gasteiger partial charge in [-0.15, -0.1) is 0 Å². The van der Waals surface area contributed by atoms with Crippen molar-refractivity contribution >= 4 is 5.97 Å². The molecule has 5 nitrogen and oxygen atoms in total. The van der Waals surface area contributed by atoms with Crippen LogP contribution in [0.15, 0.2) is 24.3 Å². The fourth-order valence-electron chi connectivity index (χ4n) is 2.62. The number of hydrogen-bond acceptors (Lipinski definition) is 5. The maximum atomic E-state index is 10.7. The van der Waals surface area contributed by atoms with Crippen LogP contribution in [-0.4, -0.2) is 32.4 Å². The van der Waals surface area contributed by atoms with Crippen LogP contribution in [0, 0.1) is 23.7 Å². The molecule has 130 valence electrons. The van der Waals surface area contributed by atoms with E-state index in [1.54, 1.807) is 7.11 Å². The minimum absolute atomic E-state index is 0.0141. The van der Waals surface area contributed by atoms with Crippen molar-refractivity contribution < 1.29 is 23.7 Å². The number of esters is 1. The van der Waals surface area contributed by atoms with Crippen LogP contribution < -0.4 is 4.74 Å². The molecule has 24 heavy (non-hydrogen) atoms. The van der Waals surface area contributed by atoms with Crippen molar-refractivity contribution in [3.63, 3.8) is 0 Å². The molecule has 1 aliphatic heterocycles. The van der Waals surface area contributed by atoms with E-state index in [0.717, 1.165) is 11.3 Å². The van der Waals surface area contributed by atoms with Crippen molar-refractivity contribution in [3.05, 3.63) is 29.8 Å². The van der Waals surface area contributed by atoms with Gasteiger partial charge in [0.25, 0.3) is 0 Å². The molecule has 0 N–H and O–H groups in total. The van der Waals surface area contributed by atoms with E-state index in [2.05, 4.69) is 18.8 Å². The van der Waals surface area contributed by atoms with Crippen LogP contribution in [-0.2, 0) is 19.0 Å². The number of carbonyl (C=O) groups is 1. The molecular weight excluding hydrogens is 308 g/mol. The standard InChI is InChI=1S/C19H24O5/c1-13(6-5-11-22-15(3)20)18-14(2)12-23-19(24-18)16-7-9-17(21-4)10-8-16/h7-10,13-14,18-19H,11-12H2,1-4H3/t13-,14-,18-,19?/m0/s1. The second-order valence-electron chi connectivity index (χ2n) is 5.91. The van der Waals surface area contributed by atoms with Crippen molar-refractivity contribution in [2.75, 3.05) is 20.3 Å². The molecule has 0 aromatic heterocycles. The molecule has 1 aliphatic rings. The van der Waals surface area contributed by atoms with Gasteiger partial charge in [-0.2, -0.15) is 0 Å². The first-order valence-electron chi connectivity index (χ1n) is 8.04. The van der Waals surface area contributed by atoms with E-state index in [4.69, 9.17) is 18.9 Å². The van der Waals surface area contributed by atoms with Gasteiger partial charge in [-0.25, -0.2) is 0 Å². The summed E-state index contributed by atoms with van der Waals surface area (Å²) in [7, 11) is 1.64. The lowest BCUT2D eigenvalue weighted by atomic mass is 9.93. The van der Waals surface area contributed by atoms with E-state index < -0.39 is 6.29 Å². The third kappa shape index (κ3) is 4.98. The normalized spacial score (nSPS) is 24.4. The highest BCUT2D eigenvalue weighted by Crippen LogP contribution is 2.33. The highest BCUT2D eigenvalue weighted by molar-refractivity contribution is 5.66. The predicted molar refractivity (Wildman–Crippen MR) is 89.3 cm³/mol. The summed E-state index contributed by atoms with van der Waals surface area (Å²) >= 11 is 0. The number of methoxy groups -OCH3 is 1. The van der Waals surface area contributed by atoms with Crippen molar-refractivity contribution in [2.45, 2.75) is 33.2 Å². The first-order chi connectivity index (χ1) is 11.5. The lowest BCUT2D eigenvalue weighted by Crippen LogP contribution is -2.38. The molecule has 1 aromatic carbocycles. The van der Waals surface area contributed by atoms with Gasteiger partial charge in [-0.05, 0) is 19.1 Å². The van der Waals surface area contributed by atoms with Gasteiger partial charge in [-0.1, -0.05) is 30.9 Å². The highest BCUT2D eigenvalue weighted by Gasteiger charge is 2.33. The second-order valence-corrected chi connectivity index (χ2v) is 5.91. The van der Waals surface area contributed by atoms with Crippen molar-refractivity contribution in [3.8, 4) is 17.6 Å². The zero-order chi connectivity index (χ0) is 17.5. The summed E-state index contributed by atoms with van der Waals surface area (Å²) in [5.41, 5.74) is 0.952. The van der Waals surface area contributed by atoms with Crippen LogP contribution in [0.3, 0.4) is 0 Å². The Balaban J connectivity index is 1.99. The van der Waals surface area contributed by atoms with Crippen LogP contribution in [0.4, 0.5) is 0 Å². The molecule has 0 bridgehead atoms. The topological polar surface area (TPSA) is 54.0 Å². The summed E-state index contributed by atoms with van der Waals surface area (Å²) in [4.78, 5) is 10.7. The Morgan fingerprint density at radius 1 is 1.38 bits per heavy atom. The molecule has 0 radical (unpaired) electrons. The zero-order valence-electron chi connectivity index (χ0n) is 14.6. The molecule has 0 aliphatic carbocycles. The molecule has 5 heteroatoms. The summed E-state index contributed by atoms with van der Waals surface area (Å²) in [5.74, 6) is 6.69. The van der Waals surface area contributed by atoms with Gasteiger partial charge in [0.2, 0.25) is 0 Å². The Morgan fingerprint density at radius 3 is 2.71 bits per heavy atom. The first-order valence-corrected chi connectivity index (χ1v) is 8.04. The van der Waals surface area contributed by atoms with Gasteiger partial charge in [0.1, 0.15) is 5.75 Å². The average molecular weight is 332 g/mol. The van der Waals surface area contributed by atoms with Crippen LogP contribution >= 0.6 is 0 Å². The third-order valence-corrected chi connectivity index (χ3v) is 3.91. The Bertz CT molecular complexity index is 598. The van der Waals surface area contributed by atoms with E-state index >= 15 is 0 Å². The van der Waals surface area contributed by atoms with E-state index in [0.29, 0.717) is 6.61 Å². The van der Waals surface area contributed by atoms with Crippen molar-refractivity contribution in [1.29, 1.82) is 0 Å². The molecule has 1 unspecified atom stereocenters. The van der Waals surface area contributed by atoms with Crippen LogP contribution in [0.25, 0.3) is 0 Å². The van der Waals surface area contributed by atoms with Crippen LogP contribution in [0.5, 0.6) is 5.75 Å². The van der Waals surface area contributed by atoms with E-state index in [9.17, 15) is 4.79 Å². The number of ether oxygens (including phenoxy) is 4. The van der Waals surface area contributed by atoms with Gasteiger partial charge in [0.15, 0.2) is 12.9 Å². The maximum Gasteiger partial charge on any atom is 0.303 e. The summed E-state index contributed by atoms with van der Waals surface area (Å²) in [6.45, 7) is 6.18. The summed E-state index contributed by atoms with van der Waals surface area (Å²) in [6.07, 6.45) is -0.453. The molecule has 0 saturated carbocycles. The van der Waals surface area contributed by atoms with Gasteiger partial charge < -0.3 is 18.9 Å². The SMILES string of the molecule is COc1ccc(C2OC[C@H](C)[C@H]([C@@H](C)C#CCOC(C)=O)O2)cc1. The monoisotopic (exact) mass is 332 g/mol. The molecule has 4 atom stereocenters. The average Bonchev–Trinajstić information content (AvgIpc) is 2.59. The fraction of sp³-hybridized carbons (Fsp3) is 0.526. The first kappa shape index (κ1) is 18.3. The van der Waals surface area contributed by atoms with E-state index in [1.165, 1.54) is 6.92 Å². The quantitative estimate of drug-likeness (QED) is 0.627. The molecule has 0 spiro atoms. The molecular formula is C19H24O5. The van der Waals surface area contributed by atoms with E-state index in [1.807, 2.05) is 31.2 Å². The van der Waals surface area contributed by atoms with Crippen LogP contribution in [0.1, 0.15) is 32.6 Å². The Hall–Kier alpha value is -2.03. The molecule has 2 rings (SSSR count).